The maximum absolute atomic E-state index is 13.2. The Morgan fingerprint density at radius 1 is 1.30 bits per heavy atom. The minimum absolute atomic E-state index is 0.00434. The van der Waals surface area contributed by atoms with Crippen molar-refractivity contribution in [1.29, 1.82) is 0 Å². The Hall–Kier alpha value is -3.48. The Balaban J connectivity index is 1.78. The maximum atomic E-state index is 13.2. The molecule has 0 saturated carbocycles. The summed E-state index contributed by atoms with van der Waals surface area (Å²) >= 11 is 6.22. The van der Waals surface area contributed by atoms with Crippen LogP contribution < -0.4 is 21.7 Å². The first kappa shape index (κ1) is 22.7. The topological polar surface area (TPSA) is 167 Å². The molecule has 0 aliphatic carbocycles. The minimum Gasteiger partial charge on any atom is -0.381 e. The predicted molar refractivity (Wildman–Crippen MR) is 124 cm³/mol. The molecule has 1 unspecified atom stereocenters. The first-order chi connectivity index (χ1) is 15.6. The third-order valence-electron chi connectivity index (χ3n) is 5.16. The molecule has 33 heavy (non-hydrogen) atoms. The second-order valence-corrected chi connectivity index (χ2v) is 9.58. The van der Waals surface area contributed by atoms with Crippen LogP contribution in [0.4, 0.5) is 5.82 Å². The van der Waals surface area contributed by atoms with E-state index in [1.54, 1.807) is 43.5 Å². The standard InChI is InChI=1S/C20H20ClN7O4S/c1-11(25-19(29)16-17(22)26-28-7-3-6-24-18(16)28)14-10-12-4-2-5-13(21)15(12)20(30)27(14)8-9-33(23,31)32/h2-7,10-11H,8-9H2,1H3,(H2,22,26)(H,25,29)(H2,23,31,32). The molecule has 3 heterocycles. The molecule has 1 atom stereocenters. The lowest BCUT2D eigenvalue weighted by Gasteiger charge is -2.21. The van der Waals surface area contributed by atoms with Crippen molar-refractivity contribution in [3.63, 3.8) is 0 Å². The number of fused-ring (bicyclic) bond motifs is 2. The van der Waals surface area contributed by atoms with E-state index in [0.717, 1.165) is 0 Å². The number of anilines is 1. The normalized spacial score (nSPS) is 12.8. The van der Waals surface area contributed by atoms with Gasteiger partial charge in [-0.25, -0.2) is 23.1 Å². The Labute approximate surface area is 193 Å². The van der Waals surface area contributed by atoms with Crippen molar-refractivity contribution in [3.05, 3.63) is 69.4 Å². The first-order valence-corrected chi connectivity index (χ1v) is 11.9. The van der Waals surface area contributed by atoms with Gasteiger partial charge in [-0.05, 0) is 30.5 Å². The van der Waals surface area contributed by atoms with Crippen LogP contribution >= 0.6 is 11.6 Å². The number of sulfonamides is 1. The zero-order valence-corrected chi connectivity index (χ0v) is 19.0. The molecule has 0 radical (unpaired) electrons. The second-order valence-electron chi connectivity index (χ2n) is 7.44. The van der Waals surface area contributed by atoms with Gasteiger partial charge >= 0.3 is 0 Å². The van der Waals surface area contributed by atoms with Gasteiger partial charge in [0.1, 0.15) is 5.56 Å². The van der Waals surface area contributed by atoms with Gasteiger partial charge in [-0.3, -0.25) is 9.59 Å². The van der Waals surface area contributed by atoms with Gasteiger partial charge in [-0.2, -0.15) is 0 Å². The van der Waals surface area contributed by atoms with Gasteiger partial charge in [-0.15, -0.1) is 5.10 Å². The van der Waals surface area contributed by atoms with Gasteiger partial charge in [0.25, 0.3) is 11.5 Å². The smallest absolute Gasteiger partial charge is 0.260 e. The number of rotatable bonds is 6. The summed E-state index contributed by atoms with van der Waals surface area (Å²) in [6, 6.07) is 7.57. The molecule has 13 heteroatoms. The lowest BCUT2D eigenvalue weighted by Crippen LogP contribution is -2.35. The lowest BCUT2D eigenvalue weighted by molar-refractivity contribution is 0.0940. The van der Waals surface area contributed by atoms with Gasteiger partial charge in [0, 0.05) is 24.6 Å². The van der Waals surface area contributed by atoms with Gasteiger partial charge < -0.3 is 15.6 Å². The fourth-order valence-corrected chi connectivity index (χ4v) is 4.35. The summed E-state index contributed by atoms with van der Waals surface area (Å²) in [6.07, 6.45) is 3.12. The summed E-state index contributed by atoms with van der Waals surface area (Å²) in [4.78, 5) is 30.4. The highest BCUT2D eigenvalue weighted by molar-refractivity contribution is 7.89. The number of hydrogen-bond donors (Lipinski definition) is 3. The molecule has 4 aromatic rings. The molecule has 0 bridgehead atoms. The Kier molecular flexibility index (Phi) is 5.82. The van der Waals surface area contributed by atoms with Gasteiger partial charge in [-0.1, -0.05) is 23.7 Å². The molecule has 0 fully saturated rings. The molecule has 1 aromatic carbocycles. The van der Waals surface area contributed by atoms with Gasteiger partial charge in [0.15, 0.2) is 11.5 Å². The van der Waals surface area contributed by atoms with Crippen molar-refractivity contribution in [2.45, 2.75) is 19.5 Å². The number of nitrogens with zero attached hydrogens (tertiary/aromatic N) is 4. The van der Waals surface area contributed by atoms with Crippen LogP contribution in [0.25, 0.3) is 16.4 Å². The molecule has 0 spiro atoms. The number of nitrogen functional groups attached to an aromatic ring is 1. The third kappa shape index (κ3) is 4.40. The van der Waals surface area contributed by atoms with E-state index in [9.17, 15) is 18.0 Å². The number of nitrogens with two attached hydrogens (primary N) is 2. The highest BCUT2D eigenvalue weighted by atomic mass is 35.5. The van der Waals surface area contributed by atoms with Crippen molar-refractivity contribution >= 4 is 49.8 Å². The van der Waals surface area contributed by atoms with Gasteiger partial charge in [0.2, 0.25) is 10.0 Å². The Morgan fingerprint density at radius 3 is 2.79 bits per heavy atom. The molecular weight excluding hydrogens is 470 g/mol. The number of pyridine rings is 1. The maximum Gasteiger partial charge on any atom is 0.260 e. The van der Waals surface area contributed by atoms with E-state index >= 15 is 0 Å². The molecular formula is C20H20ClN7O4S. The van der Waals surface area contributed by atoms with Crippen molar-refractivity contribution in [2.75, 3.05) is 11.5 Å². The number of carbonyl (C=O) groups excluding carboxylic acids is 1. The molecule has 172 valence electrons. The van der Waals surface area contributed by atoms with Crippen molar-refractivity contribution in [2.24, 2.45) is 5.14 Å². The molecule has 3 aromatic heterocycles. The van der Waals surface area contributed by atoms with E-state index in [2.05, 4.69) is 15.4 Å². The second kappa shape index (κ2) is 8.46. The highest BCUT2D eigenvalue weighted by Gasteiger charge is 2.23. The van der Waals surface area contributed by atoms with Gasteiger partial charge in [0.05, 0.1) is 22.2 Å². The van der Waals surface area contributed by atoms with Crippen LogP contribution in [-0.2, 0) is 16.6 Å². The molecule has 5 N–H and O–H groups in total. The molecule has 0 aliphatic rings. The van der Waals surface area contributed by atoms with Crippen molar-refractivity contribution < 1.29 is 13.2 Å². The zero-order chi connectivity index (χ0) is 23.9. The van der Waals surface area contributed by atoms with Crippen LogP contribution in [0.5, 0.6) is 0 Å². The lowest BCUT2D eigenvalue weighted by atomic mass is 10.1. The van der Waals surface area contributed by atoms with Crippen LogP contribution in [0.2, 0.25) is 5.02 Å². The number of amides is 1. The number of carbonyl (C=O) groups is 1. The average Bonchev–Trinajstić information content (AvgIpc) is 3.07. The van der Waals surface area contributed by atoms with Crippen LogP contribution in [0.15, 0.2) is 47.5 Å². The van der Waals surface area contributed by atoms with Crippen molar-refractivity contribution in [3.8, 4) is 0 Å². The molecule has 1 amide bonds. The Morgan fingerprint density at radius 2 is 2.06 bits per heavy atom. The summed E-state index contributed by atoms with van der Waals surface area (Å²) in [5.74, 6) is -1.03. The van der Waals surface area contributed by atoms with Crippen LogP contribution in [0.1, 0.15) is 29.0 Å². The SMILES string of the molecule is CC(NC(=O)c1c(N)nn2cccnc12)c1cc2cccc(Cl)c2c(=O)n1CCS(N)(=O)=O. The van der Waals surface area contributed by atoms with E-state index in [1.165, 1.54) is 15.3 Å². The van der Waals surface area contributed by atoms with Crippen LogP contribution in [-0.4, -0.2) is 39.2 Å². The van der Waals surface area contributed by atoms with E-state index < -0.39 is 33.3 Å². The first-order valence-electron chi connectivity index (χ1n) is 9.79. The number of aromatic nitrogens is 4. The largest absolute Gasteiger partial charge is 0.381 e. The number of halogens is 1. The molecule has 0 aliphatic heterocycles. The third-order valence-corrected chi connectivity index (χ3v) is 6.23. The van der Waals surface area contributed by atoms with E-state index in [1.807, 2.05) is 0 Å². The summed E-state index contributed by atoms with van der Waals surface area (Å²) in [5.41, 5.74) is 6.17. The Bertz CT molecular complexity index is 1560. The summed E-state index contributed by atoms with van der Waals surface area (Å²) in [7, 11) is -3.85. The number of hydrogen-bond acceptors (Lipinski definition) is 7. The van der Waals surface area contributed by atoms with Crippen molar-refractivity contribution in [1.82, 2.24) is 24.5 Å². The fraction of sp³-hybridized carbons (Fsp3) is 0.200. The monoisotopic (exact) mass is 489 g/mol. The minimum atomic E-state index is -3.85. The van der Waals surface area contributed by atoms with E-state index in [-0.39, 0.29) is 34.0 Å². The number of nitrogens with one attached hydrogen (secondary N) is 1. The summed E-state index contributed by atoms with van der Waals surface area (Å²) in [5, 5.41) is 13.0. The van der Waals surface area contributed by atoms with Crippen LogP contribution in [0.3, 0.4) is 0 Å². The highest BCUT2D eigenvalue weighted by Crippen LogP contribution is 2.24. The van der Waals surface area contributed by atoms with E-state index in [0.29, 0.717) is 11.1 Å². The molecule has 4 rings (SSSR count). The quantitative estimate of drug-likeness (QED) is 0.363. The summed E-state index contributed by atoms with van der Waals surface area (Å²) < 4.78 is 25.8. The molecule has 11 nitrogen and oxygen atoms in total. The average molecular weight is 490 g/mol. The fourth-order valence-electron chi connectivity index (χ4n) is 3.65. The van der Waals surface area contributed by atoms with Crippen LogP contribution in [0, 0.1) is 0 Å². The number of primary sulfonamides is 1. The van der Waals surface area contributed by atoms with E-state index in [4.69, 9.17) is 22.5 Å². The zero-order valence-electron chi connectivity index (χ0n) is 17.4. The number of benzene rings is 1. The summed E-state index contributed by atoms with van der Waals surface area (Å²) in [6.45, 7) is 1.45. The predicted octanol–water partition coefficient (Wildman–Crippen LogP) is 1.06. The molecule has 0 saturated heterocycles.